The van der Waals surface area contributed by atoms with Crippen molar-refractivity contribution in [2.45, 2.75) is 0 Å². The van der Waals surface area contributed by atoms with Crippen LogP contribution in [-0.2, 0) is 7.05 Å². The normalized spacial score (nSPS) is 10.2. The van der Waals surface area contributed by atoms with Gasteiger partial charge >= 0.3 is 0 Å². The van der Waals surface area contributed by atoms with Gasteiger partial charge in [-0.2, -0.15) is 15.4 Å². The third kappa shape index (κ3) is 1.19. The lowest BCUT2D eigenvalue weighted by Crippen LogP contribution is -2.08. The van der Waals surface area contributed by atoms with E-state index in [2.05, 4.69) is 25.7 Å². The van der Waals surface area contributed by atoms with E-state index in [-0.39, 0.29) is 11.5 Å². The van der Waals surface area contributed by atoms with Gasteiger partial charge in [0.2, 0.25) is 5.78 Å². The fourth-order valence-corrected chi connectivity index (χ4v) is 0.938. The van der Waals surface area contributed by atoms with Gasteiger partial charge in [0.25, 0.3) is 0 Å². The fraction of sp³-hybridized carbons (Fsp3) is 0.167. The first-order valence-corrected chi connectivity index (χ1v) is 3.54. The van der Waals surface area contributed by atoms with E-state index in [9.17, 15) is 4.79 Å². The Hall–Kier alpha value is -2.05. The Labute approximate surface area is 72.8 Å². The molecule has 2 aromatic rings. The number of aryl methyl sites for hydroxylation is 1. The SMILES string of the molecule is Cn1nncc1C(=O)c1cn[nH]n1. The van der Waals surface area contributed by atoms with Crippen molar-refractivity contribution in [2.24, 2.45) is 7.05 Å². The number of H-pyrrole nitrogens is 1. The highest BCUT2D eigenvalue weighted by molar-refractivity contribution is 6.05. The minimum absolute atomic E-state index is 0.249. The van der Waals surface area contributed by atoms with E-state index in [1.54, 1.807) is 7.05 Å². The van der Waals surface area contributed by atoms with Crippen molar-refractivity contribution in [1.29, 1.82) is 0 Å². The Morgan fingerprint density at radius 2 is 2.38 bits per heavy atom. The minimum atomic E-state index is -0.249. The molecule has 7 heteroatoms. The highest BCUT2D eigenvalue weighted by Crippen LogP contribution is 2.02. The number of hydrogen-bond donors (Lipinski definition) is 1. The Balaban J connectivity index is 2.39. The molecule has 0 saturated carbocycles. The van der Waals surface area contributed by atoms with E-state index in [0.29, 0.717) is 5.69 Å². The lowest BCUT2D eigenvalue weighted by Gasteiger charge is -1.93. The van der Waals surface area contributed by atoms with Crippen LogP contribution in [0.5, 0.6) is 0 Å². The summed E-state index contributed by atoms with van der Waals surface area (Å²) in [6.07, 6.45) is 2.74. The molecule has 0 amide bonds. The largest absolute Gasteiger partial charge is 0.285 e. The summed E-state index contributed by atoms with van der Waals surface area (Å²) in [4.78, 5) is 11.6. The average Bonchev–Trinajstić information content (AvgIpc) is 2.72. The van der Waals surface area contributed by atoms with Crippen molar-refractivity contribution in [2.75, 3.05) is 0 Å². The number of hydrogen-bond acceptors (Lipinski definition) is 5. The summed E-state index contributed by atoms with van der Waals surface area (Å²) in [5.41, 5.74) is 0.638. The first-order valence-electron chi connectivity index (χ1n) is 3.54. The van der Waals surface area contributed by atoms with Crippen LogP contribution in [0, 0.1) is 0 Å². The zero-order valence-corrected chi connectivity index (χ0v) is 6.80. The van der Waals surface area contributed by atoms with Crippen LogP contribution in [0.25, 0.3) is 0 Å². The Morgan fingerprint density at radius 3 is 2.92 bits per heavy atom. The molecule has 2 heterocycles. The van der Waals surface area contributed by atoms with Crippen LogP contribution in [0.15, 0.2) is 12.4 Å². The van der Waals surface area contributed by atoms with Crippen molar-refractivity contribution < 1.29 is 4.79 Å². The van der Waals surface area contributed by atoms with Gasteiger partial charge < -0.3 is 0 Å². The van der Waals surface area contributed by atoms with Gasteiger partial charge in [-0.15, -0.1) is 5.10 Å². The van der Waals surface area contributed by atoms with E-state index in [1.165, 1.54) is 17.1 Å². The van der Waals surface area contributed by atoms with Crippen LogP contribution < -0.4 is 0 Å². The molecule has 66 valence electrons. The third-order valence-corrected chi connectivity index (χ3v) is 1.59. The lowest BCUT2D eigenvalue weighted by atomic mass is 10.2. The monoisotopic (exact) mass is 178 g/mol. The molecule has 0 aliphatic heterocycles. The number of aromatic nitrogens is 6. The van der Waals surface area contributed by atoms with E-state index < -0.39 is 0 Å². The predicted molar refractivity (Wildman–Crippen MR) is 40.8 cm³/mol. The molecule has 0 unspecified atom stereocenters. The molecule has 0 aromatic carbocycles. The smallest absolute Gasteiger partial charge is 0.234 e. The van der Waals surface area contributed by atoms with Gasteiger partial charge in [0, 0.05) is 7.05 Å². The summed E-state index contributed by atoms with van der Waals surface area (Å²) in [5, 5.41) is 16.8. The first kappa shape index (κ1) is 7.59. The average molecular weight is 178 g/mol. The molecule has 0 radical (unpaired) electrons. The zero-order valence-electron chi connectivity index (χ0n) is 6.80. The maximum absolute atomic E-state index is 11.6. The summed E-state index contributed by atoms with van der Waals surface area (Å²) < 4.78 is 1.39. The number of ketones is 1. The van der Waals surface area contributed by atoms with Crippen LogP contribution in [0.2, 0.25) is 0 Å². The van der Waals surface area contributed by atoms with Gasteiger partial charge in [-0.1, -0.05) is 5.21 Å². The first-order chi connectivity index (χ1) is 6.29. The second-order valence-corrected chi connectivity index (χ2v) is 2.43. The molecular weight excluding hydrogens is 172 g/mol. The summed E-state index contributed by atoms with van der Waals surface area (Å²) in [7, 11) is 1.64. The molecule has 1 N–H and O–H groups in total. The summed E-state index contributed by atoms with van der Waals surface area (Å²) in [6, 6.07) is 0. The van der Waals surface area contributed by atoms with Crippen molar-refractivity contribution in [3.05, 3.63) is 23.8 Å². The topological polar surface area (TPSA) is 89.4 Å². The Morgan fingerprint density at radius 1 is 1.54 bits per heavy atom. The molecule has 0 aliphatic rings. The van der Waals surface area contributed by atoms with E-state index in [4.69, 9.17) is 0 Å². The minimum Gasteiger partial charge on any atom is -0.285 e. The van der Waals surface area contributed by atoms with E-state index in [1.807, 2.05) is 0 Å². The van der Waals surface area contributed by atoms with Gasteiger partial charge in [0.15, 0.2) is 5.69 Å². The summed E-state index contributed by atoms with van der Waals surface area (Å²) in [5.74, 6) is -0.249. The number of nitrogens with zero attached hydrogens (tertiary/aromatic N) is 5. The van der Waals surface area contributed by atoms with Crippen molar-refractivity contribution in [3.63, 3.8) is 0 Å². The number of nitrogens with one attached hydrogen (secondary N) is 1. The molecule has 0 atom stereocenters. The predicted octanol–water partition coefficient (Wildman–Crippen LogP) is -0.836. The standard InChI is InChI=1S/C6H6N6O/c1-12-5(3-8-11-12)6(13)4-2-7-10-9-4/h2-3H,1H3,(H,7,9,10). The molecule has 13 heavy (non-hydrogen) atoms. The second kappa shape index (κ2) is 2.77. The van der Waals surface area contributed by atoms with Crippen molar-refractivity contribution >= 4 is 5.78 Å². The highest BCUT2D eigenvalue weighted by Gasteiger charge is 2.15. The van der Waals surface area contributed by atoms with Gasteiger partial charge in [-0.25, -0.2) is 4.68 Å². The summed E-state index contributed by atoms with van der Waals surface area (Å²) in [6.45, 7) is 0. The summed E-state index contributed by atoms with van der Waals surface area (Å²) >= 11 is 0. The molecule has 0 bridgehead atoms. The third-order valence-electron chi connectivity index (χ3n) is 1.59. The highest BCUT2D eigenvalue weighted by atomic mass is 16.1. The van der Waals surface area contributed by atoms with Crippen LogP contribution in [-0.4, -0.2) is 36.2 Å². The number of carbonyl (C=O) groups excluding carboxylic acids is 1. The lowest BCUT2D eigenvalue weighted by molar-refractivity contribution is 0.102. The van der Waals surface area contributed by atoms with Crippen LogP contribution in [0.1, 0.15) is 16.2 Å². The second-order valence-electron chi connectivity index (χ2n) is 2.43. The van der Waals surface area contributed by atoms with E-state index >= 15 is 0 Å². The molecule has 7 nitrogen and oxygen atoms in total. The molecular formula is C6H6N6O. The molecule has 0 aliphatic carbocycles. The van der Waals surface area contributed by atoms with Crippen LogP contribution >= 0.6 is 0 Å². The van der Waals surface area contributed by atoms with E-state index in [0.717, 1.165) is 0 Å². The van der Waals surface area contributed by atoms with Gasteiger partial charge in [-0.05, 0) is 0 Å². The maximum atomic E-state index is 11.6. The maximum Gasteiger partial charge on any atom is 0.234 e. The zero-order chi connectivity index (χ0) is 9.26. The van der Waals surface area contributed by atoms with Gasteiger partial charge in [-0.3, -0.25) is 4.79 Å². The molecule has 0 saturated heterocycles. The molecule has 2 rings (SSSR count). The van der Waals surface area contributed by atoms with Gasteiger partial charge in [0.1, 0.15) is 5.69 Å². The number of carbonyl (C=O) groups is 1. The van der Waals surface area contributed by atoms with Crippen molar-refractivity contribution in [3.8, 4) is 0 Å². The van der Waals surface area contributed by atoms with Crippen LogP contribution in [0.4, 0.5) is 0 Å². The van der Waals surface area contributed by atoms with Crippen LogP contribution in [0.3, 0.4) is 0 Å². The van der Waals surface area contributed by atoms with Crippen molar-refractivity contribution in [1.82, 2.24) is 30.4 Å². The molecule has 0 spiro atoms. The number of rotatable bonds is 2. The fourth-order valence-electron chi connectivity index (χ4n) is 0.938. The molecule has 2 aromatic heterocycles. The quantitative estimate of drug-likeness (QED) is 0.606. The Kier molecular flexibility index (Phi) is 1.62. The number of aromatic amines is 1. The van der Waals surface area contributed by atoms with Gasteiger partial charge in [0.05, 0.1) is 12.4 Å². The Bertz CT molecular complexity index is 416. The molecule has 0 fully saturated rings.